The highest BCUT2D eigenvalue weighted by Crippen LogP contribution is 2.31. The molecule has 0 spiro atoms. The molecule has 1 N–H and O–H groups in total. The maximum Gasteiger partial charge on any atom is 0.336 e. The third-order valence-electron chi connectivity index (χ3n) is 3.60. The van der Waals surface area contributed by atoms with Crippen LogP contribution in [0, 0.1) is 11.7 Å². The van der Waals surface area contributed by atoms with Gasteiger partial charge < -0.3 is 5.11 Å². The Balaban J connectivity index is 2.17. The number of nitrogens with zero attached hydrogens (tertiary/aromatic N) is 1. The number of carboxylic acids is 1. The molecular formula is C15H20FNO2. The highest BCUT2D eigenvalue weighted by molar-refractivity contribution is 5.89. The second-order valence-corrected chi connectivity index (χ2v) is 5.57. The Labute approximate surface area is 113 Å². The molecule has 0 atom stereocenters. The summed E-state index contributed by atoms with van der Waals surface area (Å²) >= 11 is 0. The molecule has 0 amide bonds. The van der Waals surface area contributed by atoms with Crippen LogP contribution in [0.1, 0.15) is 42.6 Å². The molecule has 0 heterocycles. The molecule has 0 radical (unpaired) electrons. The average molecular weight is 265 g/mol. The standard InChI is InChI=1S/C15H20FNO2/c1-10(2)17(8-11-3-4-11)9-12-5-6-13(16)7-14(12)15(18)19/h5-7,10-11H,3-4,8-9H2,1-2H3,(H,18,19). The predicted molar refractivity (Wildman–Crippen MR) is 71.6 cm³/mol. The van der Waals surface area contributed by atoms with Crippen molar-refractivity contribution in [2.24, 2.45) is 5.92 Å². The fourth-order valence-corrected chi connectivity index (χ4v) is 2.19. The van der Waals surface area contributed by atoms with E-state index in [1.54, 1.807) is 6.07 Å². The number of rotatable bonds is 6. The van der Waals surface area contributed by atoms with Crippen LogP contribution in [0.4, 0.5) is 4.39 Å². The van der Waals surface area contributed by atoms with E-state index < -0.39 is 11.8 Å². The van der Waals surface area contributed by atoms with Gasteiger partial charge in [-0.05, 0) is 50.3 Å². The number of carboxylic acid groups (broad SMARTS) is 1. The molecule has 0 unspecified atom stereocenters. The van der Waals surface area contributed by atoms with Crippen LogP contribution in [0.3, 0.4) is 0 Å². The molecule has 1 aliphatic rings. The molecule has 0 aromatic heterocycles. The molecule has 2 rings (SSSR count). The van der Waals surface area contributed by atoms with Gasteiger partial charge in [-0.25, -0.2) is 9.18 Å². The number of carbonyl (C=O) groups is 1. The molecule has 0 aliphatic heterocycles. The lowest BCUT2D eigenvalue weighted by molar-refractivity contribution is 0.0693. The van der Waals surface area contributed by atoms with E-state index in [0.29, 0.717) is 18.2 Å². The van der Waals surface area contributed by atoms with E-state index in [2.05, 4.69) is 18.7 Å². The number of aromatic carboxylic acids is 1. The van der Waals surface area contributed by atoms with Gasteiger partial charge in [0.1, 0.15) is 5.82 Å². The summed E-state index contributed by atoms with van der Waals surface area (Å²) in [6.45, 7) is 5.77. The first kappa shape index (κ1) is 14.0. The van der Waals surface area contributed by atoms with Crippen LogP contribution in [0.5, 0.6) is 0 Å². The zero-order valence-electron chi connectivity index (χ0n) is 11.4. The van der Waals surface area contributed by atoms with Crippen LogP contribution >= 0.6 is 0 Å². The Hall–Kier alpha value is -1.42. The van der Waals surface area contributed by atoms with Crippen molar-refractivity contribution in [1.82, 2.24) is 4.90 Å². The highest BCUT2D eigenvalue weighted by Gasteiger charge is 2.26. The summed E-state index contributed by atoms with van der Waals surface area (Å²) in [7, 11) is 0. The number of halogens is 1. The minimum atomic E-state index is -1.07. The Bertz CT molecular complexity index is 469. The van der Waals surface area contributed by atoms with E-state index in [-0.39, 0.29) is 5.56 Å². The van der Waals surface area contributed by atoms with Crippen LogP contribution in [-0.4, -0.2) is 28.6 Å². The molecule has 1 aromatic carbocycles. The topological polar surface area (TPSA) is 40.5 Å². The maximum atomic E-state index is 13.1. The van der Waals surface area contributed by atoms with E-state index in [9.17, 15) is 9.18 Å². The van der Waals surface area contributed by atoms with Crippen molar-refractivity contribution in [2.75, 3.05) is 6.54 Å². The quantitative estimate of drug-likeness (QED) is 0.859. The lowest BCUT2D eigenvalue weighted by Crippen LogP contribution is -2.32. The molecular weight excluding hydrogens is 245 g/mol. The van der Waals surface area contributed by atoms with Crippen molar-refractivity contribution in [1.29, 1.82) is 0 Å². The SMILES string of the molecule is CC(C)N(Cc1ccc(F)cc1C(=O)O)CC1CC1. The van der Waals surface area contributed by atoms with Gasteiger partial charge in [-0.1, -0.05) is 6.07 Å². The number of hydrogen-bond acceptors (Lipinski definition) is 2. The zero-order chi connectivity index (χ0) is 14.0. The monoisotopic (exact) mass is 265 g/mol. The van der Waals surface area contributed by atoms with Gasteiger partial charge in [0.05, 0.1) is 5.56 Å². The number of benzene rings is 1. The molecule has 1 fully saturated rings. The van der Waals surface area contributed by atoms with Crippen LogP contribution in [0.2, 0.25) is 0 Å². The Morgan fingerprint density at radius 1 is 1.47 bits per heavy atom. The van der Waals surface area contributed by atoms with Crippen molar-refractivity contribution in [3.63, 3.8) is 0 Å². The molecule has 19 heavy (non-hydrogen) atoms. The summed E-state index contributed by atoms with van der Waals surface area (Å²) in [5, 5.41) is 9.15. The van der Waals surface area contributed by atoms with Gasteiger partial charge in [0, 0.05) is 19.1 Å². The van der Waals surface area contributed by atoms with Crippen molar-refractivity contribution in [2.45, 2.75) is 39.3 Å². The minimum Gasteiger partial charge on any atom is -0.478 e. The Morgan fingerprint density at radius 3 is 2.68 bits per heavy atom. The zero-order valence-corrected chi connectivity index (χ0v) is 11.4. The maximum absolute atomic E-state index is 13.1. The highest BCUT2D eigenvalue weighted by atomic mass is 19.1. The van der Waals surface area contributed by atoms with E-state index in [0.717, 1.165) is 18.5 Å². The summed E-state index contributed by atoms with van der Waals surface area (Å²) in [6, 6.07) is 4.37. The molecule has 1 aromatic rings. The smallest absolute Gasteiger partial charge is 0.336 e. The Kier molecular flexibility index (Phi) is 4.20. The first-order chi connectivity index (χ1) is 8.97. The molecule has 1 aliphatic carbocycles. The lowest BCUT2D eigenvalue weighted by atomic mass is 10.1. The largest absolute Gasteiger partial charge is 0.478 e. The average Bonchev–Trinajstić information content (AvgIpc) is 3.13. The minimum absolute atomic E-state index is 0.0708. The Morgan fingerprint density at radius 2 is 2.16 bits per heavy atom. The van der Waals surface area contributed by atoms with Gasteiger partial charge in [0.25, 0.3) is 0 Å². The summed E-state index contributed by atoms with van der Waals surface area (Å²) in [6.07, 6.45) is 2.52. The van der Waals surface area contributed by atoms with E-state index in [1.807, 2.05) is 0 Å². The first-order valence-electron chi connectivity index (χ1n) is 6.73. The molecule has 0 bridgehead atoms. The van der Waals surface area contributed by atoms with Crippen molar-refractivity contribution >= 4 is 5.97 Å². The summed E-state index contributed by atoms with van der Waals surface area (Å²) < 4.78 is 13.1. The van der Waals surface area contributed by atoms with Crippen molar-refractivity contribution in [3.8, 4) is 0 Å². The third kappa shape index (κ3) is 3.77. The summed E-state index contributed by atoms with van der Waals surface area (Å²) in [5.41, 5.74) is 0.754. The van der Waals surface area contributed by atoms with E-state index >= 15 is 0 Å². The van der Waals surface area contributed by atoms with Gasteiger partial charge in [-0.15, -0.1) is 0 Å². The fraction of sp³-hybridized carbons (Fsp3) is 0.533. The third-order valence-corrected chi connectivity index (χ3v) is 3.60. The first-order valence-corrected chi connectivity index (χ1v) is 6.73. The van der Waals surface area contributed by atoms with E-state index in [4.69, 9.17) is 5.11 Å². The van der Waals surface area contributed by atoms with Gasteiger partial charge in [-0.2, -0.15) is 0 Å². The fourth-order valence-electron chi connectivity index (χ4n) is 2.19. The summed E-state index contributed by atoms with van der Waals surface area (Å²) in [5.74, 6) is -0.819. The predicted octanol–water partition coefficient (Wildman–Crippen LogP) is 3.14. The molecule has 104 valence electrons. The molecule has 1 saturated carbocycles. The second-order valence-electron chi connectivity index (χ2n) is 5.57. The van der Waals surface area contributed by atoms with Crippen LogP contribution < -0.4 is 0 Å². The van der Waals surface area contributed by atoms with E-state index in [1.165, 1.54) is 18.9 Å². The lowest BCUT2D eigenvalue weighted by Gasteiger charge is -2.27. The van der Waals surface area contributed by atoms with Gasteiger partial charge >= 0.3 is 5.97 Å². The molecule has 3 nitrogen and oxygen atoms in total. The summed E-state index contributed by atoms with van der Waals surface area (Å²) in [4.78, 5) is 13.4. The van der Waals surface area contributed by atoms with Crippen molar-refractivity contribution < 1.29 is 14.3 Å². The van der Waals surface area contributed by atoms with Crippen LogP contribution in [0.25, 0.3) is 0 Å². The van der Waals surface area contributed by atoms with Gasteiger partial charge in [-0.3, -0.25) is 4.90 Å². The van der Waals surface area contributed by atoms with Crippen LogP contribution in [0.15, 0.2) is 18.2 Å². The second kappa shape index (κ2) is 5.70. The van der Waals surface area contributed by atoms with Gasteiger partial charge in [0.15, 0.2) is 0 Å². The van der Waals surface area contributed by atoms with Gasteiger partial charge in [0.2, 0.25) is 0 Å². The molecule has 4 heteroatoms. The van der Waals surface area contributed by atoms with Crippen LogP contribution in [-0.2, 0) is 6.54 Å². The normalized spacial score (nSPS) is 15.2. The molecule has 0 saturated heterocycles. The van der Waals surface area contributed by atoms with Crippen molar-refractivity contribution in [3.05, 3.63) is 35.1 Å². The number of hydrogen-bond donors (Lipinski definition) is 1.